The standard InChI is InChI=1S/C24H21IN2O4S/c1-2-3-12-31-18-6-4-5-16(14-18)21(28)19-20(15-7-9-17(25)10-8-15)27(23(30)22(19)29)24-26-11-13-32-24/h4-11,13-14,20,28H,2-3,12H2,1H3. The van der Waals surface area contributed by atoms with Crippen LogP contribution in [0.1, 0.15) is 36.9 Å². The molecule has 0 saturated carbocycles. The molecule has 1 aliphatic heterocycles. The maximum Gasteiger partial charge on any atom is 0.301 e. The molecule has 1 saturated heterocycles. The van der Waals surface area contributed by atoms with Crippen LogP contribution in [0.2, 0.25) is 0 Å². The van der Waals surface area contributed by atoms with Gasteiger partial charge in [0.15, 0.2) is 5.13 Å². The summed E-state index contributed by atoms with van der Waals surface area (Å²) in [6.45, 7) is 2.65. The van der Waals surface area contributed by atoms with Crippen molar-refractivity contribution < 1.29 is 19.4 Å². The molecule has 1 fully saturated rings. The highest BCUT2D eigenvalue weighted by Crippen LogP contribution is 2.43. The quantitative estimate of drug-likeness (QED) is 0.135. The summed E-state index contributed by atoms with van der Waals surface area (Å²) in [7, 11) is 0. The second-order valence-electron chi connectivity index (χ2n) is 7.27. The smallest absolute Gasteiger partial charge is 0.301 e. The average Bonchev–Trinajstić information content (AvgIpc) is 3.41. The van der Waals surface area contributed by atoms with Gasteiger partial charge < -0.3 is 9.84 Å². The number of anilines is 1. The fourth-order valence-corrected chi connectivity index (χ4v) is 4.57. The predicted molar refractivity (Wildman–Crippen MR) is 133 cm³/mol. The van der Waals surface area contributed by atoms with Crippen LogP contribution in [0.4, 0.5) is 5.13 Å². The summed E-state index contributed by atoms with van der Waals surface area (Å²) in [4.78, 5) is 31.7. The maximum atomic E-state index is 13.1. The lowest BCUT2D eigenvalue weighted by molar-refractivity contribution is -0.132. The molecule has 1 amide bonds. The molecule has 164 valence electrons. The Morgan fingerprint density at radius 1 is 1.22 bits per heavy atom. The van der Waals surface area contributed by atoms with Crippen LogP contribution >= 0.6 is 33.9 Å². The Labute approximate surface area is 203 Å². The Kier molecular flexibility index (Phi) is 6.90. The number of ketones is 1. The van der Waals surface area contributed by atoms with Crippen LogP contribution in [0, 0.1) is 3.57 Å². The number of carbonyl (C=O) groups is 2. The Morgan fingerprint density at radius 3 is 2.69 bits per heavy atom. The number of hydrogen-bond donors (Lipinski definition) is 1. The number of Topliss-reactive ketones (excluding diaryl/α,β-unsaturated/α-hetero) is 1. The molecule has 0 spiro atoms. The SMILES string of the molecule is CCCCOc1cccc(C(O)=C2C(=O)C(=O)N(c3nccs3)C2c2ccc(I)cc2)c1. The topological polar surface area (TPSA) is 79.7 Å². The average molecular weight is 560 g/mol. The Balaban J connectivity index is 1.82. The second-order valence-corrected chi connectivity index (χ2v) is 9.38. The predicted octanol–water partition coefficient (Wildman–Crippen LogP) is 5.55. The van der Waals surface area contributed by atoms with E-state index in [2.05, 4.69) is 34.5 Å². The van der Waals surface area contributed by atoms with Crippen LogP contribution in [0.15, 0.2) is 65.7 Å². The van der Waals surface area contributed by atoms with Crippen LogP contribution in [0.5, 0.6) is 5.75 Å². The van der Waals surface area contributed by atoms with Crippen molar-refractivity contribution in [1.82, 2.24) is 4.98 Å². The molecule has 1 unspecified atom stereocenters. The van der Waals surface area contributed by atoms with Crippen LogP contribution in [-0.4, -0.2) is 28.4 Å². The van der Waals surface area contributed by atoms with E-state index in [1.165, 1.54) is 16.2 Å². The van der Waals surface area contributed by atoms with Gasteiger partial charge in [0.25, 0.3) is 5.78 Å². The zero-order valence-electron chi connectivity index (χ0n) is 17.3. The highest BCUT2D eigenvalue weighted by Gasteiger charge is 2.47. The largest absolute Gasteiger partial charge is 0.507 e. The minimum atomic E-state index is -0.775. The third-order valence-corrected chi connectivity index (χ3v) is 6.62. The van der Waals surface area contributed by atoms with Gasteiger partial charge in [0, 0.05) is 20.7 Å². The number of amides is 1. The number of aliphatic hydroxyl groups excluding tert-OH is 1. The van der Waals surface area contributed by atoms with Gasteiger partial charge in [-0.05, 0) is 58.8 Å². The summed E-state index contributed by atoms with van der Waals surface area (Å²) in [5.74, 6) is -1.08. The van der Waals surface area contributed by atoms with Gasteiger partial charge in [-0.2, -0.15) is 0 Å². The minimum Gasteiger partial charge on any atom is -0.507 e. The first-order valence-electron chi connectivity index (χ1n) is 10.2. The fourth-order valence-electron chi connectivity index (χ4n) is 3.55. The molecule has 1 aromatic heterocycles. The van der Waals surface area contributed by atoms with Crippen LogP contribution in [-0.2, 0) is 9.59 Å². The molecule has 32 heavy (non-hydrogen) atoms. The molecule has 4 rings (SSSR count). The van der Waals surface area contributed by atoms with E-state index in [0.717, 1.165) is 22.0 Å². The Hall–Kier alpha value is -2.72. The van der Waals surface area contributed by atoms with Crippen molar-refractivity contribution in [3.8, 4) is 5.75 Å². The maximum absolute atomic E-state index is 13.1. The number of hydrogen-bond acceptors (Lipinski definition) is 6. The van der Waals surface area contributed by atoms with E-state index in [0.29, 0.717) is 23.1 Å². The summed E-state index contributed by atoms with van der Waals surface area (Å²) in [6, 6.07) is 13.7. The van der Waals surface area contributed by atoms with Crippen molar-refractivity contribution >= 4 is 56.5 Å². The highest BCUT2D eigenvalue weighted by molar-refractivity contribution is 14.1. The van der Waals surface area contributed by atoms with Gasteiger partial charge in [0.05, 0.1) is 18.2 Å². The highest BCUT2D eigenvalue weighted by atomic mass is 127. The van der Waals surface area contributed by atoms with Gasteiger partial charge in [0.1, 0.15) is 11.5 Å². The monoisotopic (exact) mass is 560 g/mol. The molecule has 0 aliphatic carbocycles. The lowest BCUT2D eigenvalue weighted by Gasteiger charge is -2.23. The van der Waals surface area contributed by atoms with E-state index >= 15 is 0 Å². The van der Waals surface area contributed by atoms with Crippen LogP contribution < -0.4 is 9.64 Å². The number of halogens is 1. The molecule has 8 heteroatoms. The molecule has 1 aliphatic rings. The first kappa shape index (κ1) is 22.5. The van der Waals surface area contributed by atoms with E-state index in [1.807, 2.05) is 24.3 Å². The normalized spacial score (nSPS) is 17.7. The lowest BCUT2D eigenvalue weighted by atomic mass is 9.95. The molecular weight excluding hydrogens is 539 g/mol. The minimum absolute atomic E-state index is 0.0390. The zero-order valence-corrected chi connectivity index (χ0v) is 20.3. The van der Waals surface area contributed by atoms with Crippen molar-refractivity contribution in [2.75, 3.05) is 11.5 Å². The zero-order chi connectivity index (χ0) is 22.7. The van der Waals surface area contributed by atoms with Gasteiger partial charge >= 0.3 is 5.91 Å². The van der Waals surface area contributed by atoms with Gasteiger partial charge in [-0.25, -0.2) is 4.98 Å². The molecule has 6 nitrogen and oxygen atoms in total. The van der Waals surface area contributed by atoms with E-state index < -0.39 is 17.7 Å². The number of ether oxygens (including phenoxy) is 1. The Morgan fingerprint density at radius 2 is 2.00 bits per heavy atom. The van der Waals surface area contributed by atoms with E-state index in [1.54, 1.807) is 35.8 Å². The van der Waals surface area contributed by atoms with Crippen molar-refractivity contribution in [2.24, 2.45) is 0 Å². The molecule has 0 radical (unpaired) electrons. The van der Waals surface area contributed by atoms with Crippen molar-refractivity contribution in [3.63, 3.8) is 0 Å². The van der Waals surface area contributed by atoms with Gasteiger partial charge in [0.2, 0.25) is 0 Å². The number of aromatic nitrogens is 1. The summed E-state index contributed by atoms with van der Waals surface area (Å²) in [6.07, 6.45) is 3.51. The molecular formula is C24H21IN2O4S. The third-order valence-electron chi connectivity index (χ3n) is 5.13. The van der Waals surface area contributed by atoms with E-state index in [4.69, 9.17) is 4.74 Å². The van der Waals surface area contributed by atoms with Crippen molar-refractivity contribution in [2.45, 2.75) is 25.8 Å². The summed E-state index contributed by atoms with van der Waals surface area (Å²) >= 11 is 3.46. The second kappa shape index (κ2) is 9.83. The van der Waals surface area contributed by atoms with Gasteiger partial charge in [-0.15, -0.1) is 11.3 Å². The molecule has 2 aromatic carbocycles. The van der Waals surface area contributed by atoms with E-state index in [-0.39, 0.29) is 11.3 Å². The van der Waals surface area contributed by atoms with Crippen molar-refractivity contribution in [3.05, 3.63) is 80.4 Å². The number of carbonyl (C=O) groups excluding carboxylic acids is 2. The number of thiazole rings is 1. The molecule has 1 atom stereocenters. The number of rotatable bonds is 7. The molecule has 2 heterocycles. The number of aliphatic hydroxyl groups is 1. The van der Waals surface area contributed by atoms with Crippen LogP contribution in [0.25, 0.3) is 5.76 Å². The summed E-state index contributed by atoms with van der Waals surface area (Å²) in [5.41, 5.74) is 1.18. The summed E-state index contributed by atoms with van der Waals surface area (Å²) < 4.78 is 6.77. The Bertz CT molecular complexity index is 1160. The number of benzene rings is 2. The molecule has 1 N–H and O–H groups in total. The summed E-state index contributed by atoms with van der Waals surface area (Å²) in [5, 5.41) is 13.4. The first-order chi connectivity index (χ1) is 15.5. The third kappa shape index (κ3) is 4.42. The van der Waals surface area contributed by atoms with Gasteiger partial charge in [-0.1, -0.05) is 37.6 Å². The van der Waals surface area contributed by atoms with E-state index in [9.17, 15) is 14.7 Å². The number of nitrogens with zero attached hydrogens (tertiary/aromatic N) is 2. The number of unbranched alkanes of at least 4 members (excludes halogenated alkanes) is 1. The first-order valence-corrected chi connectivity index (χ1v) is 12.2. The fraction of sp³-hybridized carbons (Fsp3) is 0.208. The van der Waals surface area contributed by atoms with Crippen molar-refractivity contribution in [1.29, 1.82) is 0 Å². The van der Waals surface area contributed by atoms with Crippen LogP contribution in [0.3, 0.4) is 0 Å². The molecule has 0 bridgehead atoms. The molecule has 3 aromatic rings. The van der Waals surface area contributed by atoms with Gasteiger partial charge in [-0.3, -0.25) is 14.5 Å². The lowest BCUT2D eigenvalue weighted by Crippen LogP contribution is -2.29.